The van der Waals surface area contributed by atoms with Gasteiger partial charge in [-0.3, -0.25) is 4.98 Å². The highest BCUT2D eigenvalue weighted by Crippen LogP contribution is 2.24. The van der Waals surface area contributed by atoms with Gasteiger partial charge in [0.25, 0.3) is 0 Å². The molecule has 1 N–H and O–H groups in total. The molecule has 0 fully saturated rings. The highest BCUT2D eigenvalue weighted by Gasteiger charge is 2.12. The molecule has 0 radical (unpaired) electrons. The van der Waals surface area contributed by atoms with Crippen molar-refractivity contribution in [2.24, 2.45) is 0 Å². The van der Waals surface area contributed by atoms with Crippen LogP contribution in [-0.4, -0.2) is 10.1 Å². The van der Waals surface area contributed by atoms with E-state index in [1.54, 1.807) is 6.20 Å². The minimum atomic E-state index is -0.369. The van der Waals surface area contributed by atoms with Gasteiger partial charge >= 0.3 is 0 Å². The number of hydrogen-bond donors (Lipinski definition) is 1. The fraction of sp³-hybridized carbons (Fsp3) is 0.545. The van der Waals surface area contributed by atoms with Gasteiger partial charge in [0.2, 0.25) is 0 Å². The van der Waals surface area contributed by atoms with Crippen molar-refractivity contribution in [1.82, 2.24) is 4.98 Å². The van der Waals surface area contributed by atoms with E-state index in [1.807, 2.05) is 19.1 Å². The van der Waals surface area contributed by atoms with E-state index in [9.17, 15) is 5.11 Å². The zero-order valence-corrected chi connectivity index (χ0v) is 8.49. The average Bonchev–Trinajstić information content (AvgIpc) is 2.16. The summed E-state index contributed by atoms with van der Waals surface area (Å²) < 4.78 is 0. The number of pyridine rings is 1. The number of hydrogen-bond acceptors (Lipinski definition) is 2. The Balaban J connectivity index is 3.04. The fourth-order valence-electron chi connectivity index (χ4n) is 1.41. The van der Waals surface area contributed by atoms with Gasteiger partial charge in [0.1, 0.15) is 0 Å². The molecular weight excluding hydrogens is 162 g/mol. The van der Waals surface area contributed by atoms with Crippen LogP contribution in [-0.2, 0) is 0 Å². The van der Waals surface area contributed by atoms with Gasteiger partial charge in [0.15, 0.2) is 0 Å². The van der Waals surface area contributed by atoms with Crippen molar-refractivity contribution in [3.05, 3.63) is 29.6 Å². The first-order valence-corrected chi connectivity index (χ1v) is 4.79. The molecule has 0 spiro atoms. The standard InChI is InChI=1S/C11H17NO/c1-4-10(13)9-6-5-7-12-11(9)8(2)3/h5-8,10,13H,4H2,1-3H3. The van der Waals surface area contributed by atoms with Crippen LogP contribution in [0.5, 0.6) is 0 Å². The molecule has 72 valence electrons. The topological polar surface area (TPSA) is 33.1 Å². The van der Waals surface area contributed by atoms with Crippen molar-refractivity contribution in [1.29, 1.82) is 0 Å². The van der Waals surface area contributed by atoms with Gasteiger partial charge in [0.05, 0.1) is 6.10 Å². The number of aliphatic hydroxyl groups excluding tert-OH is 1. The average molecular weight is 179 g/mol. The van der Waals surface area contributed by atoms with E-state index in [2.05, 4.69) is 18.8 Å². The van der Waals surface area contributed by atoms with Gasteiger partial charge < -0.3 is 5.11 Å². The molecule has 0 aromatic carbocycles. The van der Waals surface area contributed by atoms with Crippen LogP contribution in [0.3, 0.4) is 0 Å². The van der Waals surface area contributed by atoms with Gasteiger partial charge in [-0.2, -0.15) is 0 Å². The van der Waals surface area contributed by atoms with Crippen LogP contribution in [0.1, 0.15) is 50.5 Å². The molecule has 2 nitrogen and oxygen atoms in total. The molecule has 0 aliphatic heterocycles. The van der Waals surface area contributed by atoms with Crippen molar-refractivity contribution >= 4 is 0 Å². The van der Waals surface area contributed by atoms with Crippen LogP contribution in [0.2, 0.25) is 0 Å². The number of nitrogens with zero attached hydrogens (tertiary/aromatic N) is 1. The first-order valence-electron chi connectivity index (χ1n) is 4.79. The normalized spacial score (nSPS) is 13.3. The number of aliphatic hydroxyl groups is 1. The van der Waals surface area contributed by atoms with Crippen LogP contribution >= 0.6 is 0 Å². The third-order valence-corrected chi connectivity index (χ3v) is 2.16. The van der Waals surface area contributed by atoms with Crippen molar-refractivity contribution in [2.75, 3.05) is 0 Å². The summed E-state index contributed by atoms with van der Waals surface area (Å²) in [6.07, 6.45) is 2.15. The van der Waals surface area contributed by atoms with E-state index in [4.69, 9.17) is 0 Å². The second-order valence-electron chi connectivity index (χ2n) is 3.56. The monoisotopic (exact) mass is 179 g/mol. The molecule has 2 heteroatoms. The Morgan fingerprint density at radius 3 is 2.69 bits per heavy atom. The second-order valence-corrected chi connectivity index (χ2v) is 3.56. The third-order valence-electron chi connectivity index (χ3n) is 2.16. The molecule has 0 bridgehead atoms. The Kier molecular flexibility index (Phi) is 3.43. The summed E-state index contributed by atoms with van der Waals surface area (Å²) in [6, 6.07) is 3.83. The molecule has 1 unspecified atom stereocenters. The summed E-state index contributed by atoms with van der Waals surface area (Å²) in [6.45, 7) is 6.16. The number of aromatic nitrogens is 1. The number of rotatable bonds is 3. The van der Waals surface area contributed by atoms with Crippen molar-refractivity contribution in [3.63, 3.8) is 0 Å². The molecule has 0 saturated carbocycles. The quantitative estimate of drug-likeness (QED) is 0.773. The lowest BCUT2D eigenvalue weighted by Crippen LogP contribution is -2.04. The Bertz CT molecular complexity index is 271. The lowest BCUT2D eigenvalue weighted by atomic mass is 9.99. The van der Waals surface area contributed by atoms with E-state index in [-0.39, 0.29) is 6.10 Å². The maximum atomic E-state index is 9.72. The molecule has 1 aromatic heterocycles. The molecule has 1 heterocycles. The second kappa shape index (κ2) is 4.38. The van der Waals surface area contributed by atoms with E-state index in [0.29, 0.717) is 5.92 Å². The summed E-state index contributed by atoms with van der Waals surface area (Å²) in [5.74, 6) is 0.373. The van der Waals surface area contributed by atoms with Crippen molar-refractivity contribution < 1.29 is 5.11 Å². The van der Waals surface area contributed by atoms with Crippen LogP contribution < -0.4 is 0 Å². The van der Waals surface area contributed by atoms with Crippen LogP contribution in [0.15, 0.2) is 18.3 Å². The Labute approximate surface area is 79.6 Å². The minimum Gasteiger partial charge on any atom is -0.388 e. The first-order chi connectivity index (χ1) is 6.16. The molecule has 0 saturated heterocycles. The van der Waals surface area contributed by atoms with E-state index >= 15 is 0 Å². The van der Waals surface area contributed by atoms with Crippen LogP contribution in [0.4, 0.5) is 0 Å². The lowest BCUT2D eigenvalue weighted by Gasteiger charge is -2.14. The zero-order valence-electron chi connectivity index (χ0n) is 8.49. The van der Waals surface area contributed by atoms with Crippen molar-refractivity contribution in [2.45, 2.75) is 39.2 Å². The maximum absolute atomic E-state index is 9.72. The van der Waals surface area contributed by atoms with E-state index in [1.165, 1.54) is 0 Å². The summed E-state index contributed by atoms with van der Waals surface area (Å²) >= 11 is 0. The SMILES string of the molecule is CCC(O)c1cccnc1C(C)C. The molecule has 0 aliphatic carbocycles. The fourth-order valence-corrected chi connectivity index (χ4v) is 1.41. The summed E-state index contributed by atoms with van der Waals surface area (Å²) in [7, 11) is 0. The Morgan fingerprint density at radius 1 is 1.46 bits per heavy atom. The van der Waals surface area contributed by atoms with E-state index in [0.717, 1.165) is 17.7 Å². The maximum Gasteiger partial charge on any atom is 0.0805 e. The molecule has 0 amide bonds. The van der Waals surface area contributed by atoms with Gasteiger partial charge in [-0.15, -0.1) is 0 Å². The third kappa shape index (κ3) is 2.28. The highest BCUT2D eigenvalue weighted by atomic mass is 16.3. The largest absolute Gasteiger partial charge is 0.388 e. The van der Waals surface area contributed by atoms with Crippen LogP contribution in [0, 0.1) is 0 Å². The summed E-state index contributed by atoms with van der Waals surface area (Å²) in [5.41, 5.74) is 1.98. The minimum absolute atomic E-state index is 0.369. The van der Waals surface area contributed by atoms with Gasteiger partial charge in [-0.1, -0.05) is 26.8 Å². The smallest absolute Gasteiger partial charge is 0.0805 e. The predicted molar refractivity (Wildman–Crippen MR) is 53.6 cm³/mol. The van der Waals surface area contributed by atoms with Gasteiger partial charge in [-0.25, -0.2) is 0 Å². The summed E-state index contributed by atoms with van der Waals surface area (Å²) in [4.78, 5) is 4.29. The van der Waals surface area contributed by atoms with Crippen LogP contribution in [0.25, 0.3) is 0 Å². The van der Waals surface area contributed by atoms with E-state index < -0.39 is 0 Å². The molecule has 1 aromatic rings. The van der Waals surface area contributed by atoms with Gasteiger partial charge in [0, 0.05) is 17.5 Å². The molecule has 1 atom stereocenters. The van der Waals surface area contributed by atoms with Crippen molar-refractivity contribution in [3.8, 4) is 0 Å². The summed E-state index contributed by atoms with van der Waals surface area (Å²) in [5, 5.41) is 9.72. The Morgan fingerprint density at radius 2 is 2.15 bits per heavy atom. The molecular formula is C11H17NO. The lowest BCUT2D eigenvalue weighted by molar-refractivity contribution is 0.171. The molecule has 0 aliphatic rings. The first kappa shape index (κ1) is 10.2. The predicted octanol–water partition coefficient (Wildman–Crippen LogP) is 2.65. The Hall–Kier alpha value is -0.890. The zero-order chi connectivity index (χ0) is 9.84. The molecule has 13 heavy (non-hydrogen) atoms. The molecule has 1 rings (SSSR count). The van der Waals surface area contributed by atoms with Gasteiger partial charge in [-0.05, 0) is 18.4 Å². The highest BCUT2D eigenvalue weighted by molar-refractivity contribution is 5.24.